The fourth-order valence-corrected chi connectivity index (χ4v) is 5.83. The summed E-state index contributed by atoms with van der Waals surface area (Å²) in [7, 11) is 0. The average molecular weight is 543 g/mol. The van der Waals surface area contributed by atoms with Gasteiger partial charge in [0.25, 0.3) is 11.8 Å². The van der Waals surface area contributed by atoms with Gasteiger partial charge in [-0.05, 0) is 69.4 Å². The van der Waals surface area contributed by atoms with Crippen LogP contribution in [0.25, 0.3) is 5.65 Å². The summed E-state index contributed by atoms with van der Waals surface area (Å²) in [5, 5.41) is 8.21. The van der Waals surface area contributed by atoms with E-state index in [1.165, 1.54) is 12.8 Å². The highest BCUT2D eigenvalue weighted by molar-refractivity contribution is 6.31. The molecule has 2 aliphatic heterocycles. The van der Waals surface area contributed by atoms with E-state index in [4.69, 9.17) is 21.7 Å². The Balaban J connectivity index is 1.31. The maximum atomic E-state index is 14.0. The molecule has 9 heteroatoms. The minimum atomic E-state index is -0.280. The van der Waals surface area contributed by atoms with E-state index in [-0.39, 0.29) is 17.9 Å². The molecule has 2 aromatic carbocycles. The molecule has 200 valence electrons. The third-order valence-electron chi connectivity index (χ3n) is 7.63. The Morgan fingerprint density at radius 3 is 2.54 bits per heavy atom. The van der Waals surface area contributed by atoms with Gasteiger partial charge in [0.1, 0.15) is 5.82 Å². The van der Waals surface area contributed by atoms with Crippen molar-refractivity contribution < 1.29 is 9.59 Å². The molecular formula is C30H31ClN6O2. The minimum absolute atomic E-state index is 0.176. The molecule has 2 fully saturated rings. The van der Waals surface area contributed by atoms with E-state index in [1.54, 1.807) is 42.5 Å². The number of amides is 2. The Labute approximate surface area is 232 Å². The lowest BCUT2D eigenvalue weighted by atomic mass is 9.97. The van der Waals surface area contributed by atoms with Crippen LogP contribution in [0.15, 0.2) is 60.8 Å². The summed E-state index contributed by atoms with van der Waals surface area (Å²) in [5.74, 6) is 0.558. The lowest BCUT2D eigenvalue weighted by Crippen LogP contribution is -2.39. The normalized spacial score (nSPS) is 17.5. The molecule has 39 heavy (non-hydrogen) atoms. The second kappa shape index (κ2) is 10.7. The van der Waals surface area contributed by atoms with Gasteiger partial charge in [-0.15, -0.1) is 0 Å². The number of hydrogen-bond donors (Lipinski definition) is 1. The van der Waals surface area contributed by atoms with Crippen LogP contribution in [0.4, 0.5) is 11.5 Å². The summed E-state index contributed by atoms with van der Waals surface area (Å²) in [6, 6.07) is 15.8. The number of carbonyl (C=O) groups excluding carboxylic acids is 2. The summed E-state index contributed by atoms with van der Waals surface area (Å²) in [6.07, 6.45) is 7.11. The number of piperidine rings is 1. The number of nitrogens with one attached hydrogen (secondary N) is 1. The number of hydrogen-bond acceptors (Lipinski definition) is 5. The third kappa shape index (κ3) is 5.08. The first-order valence-corrected chi connectivity index (χ1v) is 13.9. The summed E-state index contributed by atoms with van der Waals surface area (Å²) >= 11 is 6.33. The summed E-state index contributed by atoms with van der Waals surface area (Å²) in [6.45, 7) is 4.72. The van der Waals surface area contributed by atoms with Crippen LogP contribution >= 0.6 is 11.6 Å². The lowest BCUT2D eigenvalue weighted by molar-refractivity contribution is 0.0607. The molecule has 2 aliphatic rings. The van der Waals surface area contributed by atoms with E-state index >= 15 is 0 Å². The van der Waals surface area contributed by atoms with Crippen LogP contribution in [0.3, 0.4) is 0 Å². The number of likely N-dealkylation sites (tertiary alicyclic amines) is 1. The molecule has 0 radical (unpaired) electrons. The van der Waals surface area contributed by atoms with Crippen molar-refractivity contribution >= 4 is 40.6 Å². The molecule has 0 spiro atoms. The zero-order chi connectivity index (χ0) is 26.9. The molecule has 4 aromatic rings. The lowest BCUT2D eigenvalue weighted by Gasteiger charge is -2.35. The Morgan fingerprint density at radius 1 is 0.974 bits per heavy atom. The van der Waals surface area contributed by atoms with E-state index < -0.39 is 0 Å². The van der Waals surface area contributed by atoms with Crippen LogP contribution in [-0.4, -0.2) is 50.9 Å². The molecule has 8 nitrogen and oxygen atoms in total. The first kappa shape index (κ1) is 25.4. The number of rotatable bonds is 5. The molecule has 2 saturated heterocycles. The molecule has 1 unspecified atom stereocenters. The van der Waals surface area contributed by atoms with E-state index in [0.29, 0.717) is 28.4 Å². The Hall–Kier alpha value is -3.91. The zero-order valence-corrected chi connectivity index (χ0v) is 22.7. The number of fused-ring (bicyclic) bond motifs is 1. The predicted octanol–water partition coefficient (Wildman–Crippen LogP) is 5.91. The second-order valence-corrected chi connectivity index (χ2v) is 10.8. The first-order valence-electron chi connectivity index (χ1n) is 13.6. The van der Waals surface area contributed by atoms with Gasteiger partial charge in [-0.1, -0.05) is 29.8 Å². The van der Waals surface area contributed by atoms with E-state index in [2.05, 4.69) is 17.1 Å². The quantitative estimate of drug-likeness (QED) is 0.339. The van der Waals surface area contributed by atoms with Crippen molar-refractivity contribution in [2.45, 2.75) is 45.1 Å². The van der Waals surface area contributed by atoms with Crippen molar-refractivity contribution in [3.8, 4) is 0 Å². The number of anilines is 2. The van der Waals surface area contributed by atoms with Gasteiger partial charge in [0, 0.05) is 48.0 Å². The SMILES string of the molecule is Cc1cn2nc(C3CCCCN3C(=O)c3cc(Cl)ccc3NC(=O)c3ccccc3)cc2nc1N1CCCC1. The molecule has 0 aliphatic carbocycles. The van der Waals surface area contributed by atoms with E-state index in [9.17, 15) is 9.59 Å². The van der Waals surface area contributed by atoms with Gasteiger partial charge in [0.2, 0.25) is 0 Å². The van der Waals surface area contributed by atoms with Gasteiger partial charge < -0.3 is 15.1 Å². The van der Waals surface area contributed by atoms with Crippen molar-refractivity contribution in [3.63, 3.8) is 0 Å². The van der Waals surface area contributed by atoms with Gasteiger partial charge in [0.05, 0.1) is 23.0 Å². The summed E-state index contributed by atoms with van der Waals surface area (Å²) in [5.41, 5.74) is 4.02. The zero-order valence-electron chi connectivity index (χ0n) is 21.9. The van der Waals surface area contributed by atoms with Crippen molar-refractivity contribution in [3.05, 3.63) is 88.2 Å². The molecule has 2 aromatic heterocycles. The third-order valence-corrected chi connectivity index (χ3v) is 7.87. The van der Waals surface area contributed by atoms with E-state index in [1.807, 2.05) is 27.7 Å². The number of halogens is 1. The van der Waals surface area contributed by atoms with Crippen molar-refractivity contribution in [1.82, 2.24) is 19.5 Å². The number of benzene rings is 2. The van der Waals surface area contributed by atoms with Crippen LogP contribution in [0.1, 0.15) is 70.1 Å². The fourth-order valence-electron chi connectivity index (χ4n) is 5.65. The molecule has 1 atom stereocenters. The highest BCUT2D eigenvalue weighted by atomic mass is 35.5. The molecule has 4 heterocycles. The fraction of sp³-hybridized carbons (Fsp3) is 0.333. The van der Waals surface area contributed by atoms with Crippen LogP contribution in [-0.2, 0) is 0 Å². The van der Waals surface area contributed by atoms with Gasteiger partial charge in [-0.25, -0.2) is 9.50 Å². The van der Waals surface area contributed by atoms with Crippen molar-refractivity contribution in [1.29, 1.82) is 0 Å². The minimum Gasteiger partial charge on any atom is -0.356 e. The number of aromatic nitrogens is 3. The standard InChI is InChI=1S/C30H31ClN6O2/c1-20-19-37-27(33-28(20)35-14-7-8-15-35)18-25(34-37)26-11-5-6-16-36(26)30(39)23-17-22(31)12-13-24(23)32-29(38)21-9-3-2-4-10-21/h2-4,9-10,12-13,17-19,26H,5-8,11,14-16H2,1H3,(H,32,38). The molecule has 2 amide bonds. The highest BCUT2D eigenvalue weighted by Gasteiger charge is 2.32. The topological polar surface area (TPSA) is 82.8 Å². The van der Waals surface area contributed by atoms with Gasteiger partial charge in [-0.2, -0.15) is 5.10 Å². The average Bonchev–Trinajstić information content (AvgIpc) is 3.64. The first-order chi connectivity index (χ1) is 19.0. The Morgan fingerprint density at radius 2 is 1.74 bits per heavy atom. The van der Waals surface area contributed by atoms with Gasteiger partial charge in [-0.3, -0.25) is 9.59 Å². The highest BCUT2D eigenvalue weighted by Crippen LogP contribution is 2.34. The number of aryl methyl sites for hydroxylation is 1. The maximum Gasteiger partial charge on any atom is 0.256 e. The monoisotopic (exact) mass is 542 g/mol. The summed E-state index contributed by atoms with van der Waals surface area (Å²) in [4.78, 5) is 36.1. The maximum absolute atomic E-state index is 14.0. The smallest absolute Gasteiger partial charge is 0.256 e. The largest absolute Gasteiger partial charge is 0.356 e. The van der Waals surface area contributed by atoms with Crippen LogP contribution in [0.5, 0.6) is 0 Å². The van der Waals surface area contributed by atoms with Crippen LogP contribution in [0, 0.1) is 6.92 Å². The van der Waals surface area contributed by atoms with Gasteiger partial charge in [0.15, 0.2) is 5.65 Å². The van der Waals surface area contributed by atoms with Crippen LogP contribution < -0.4 is 10.2 Å². The molecule has 1 N–H and O–H groups in total. The molecular weight excluding hydrogens is 512 g/mol. The predicted molar refractivity (Wildman–Crippen MR) is 153 cm³/mol. The number of nitrogens with zero attached hydrogens (tertiary/aromatic N) is 5. The number of carbonyl (C=O) groups is 2. The Kier molecular flexibility index (Phi) is 6.95. The van der Waals surface area contributed by atoms with Crippen LogP contribution in [0.2, 0.25) is 5.02 Å². The Bertz CT molecular complexity index is 1530. The molecule has 0 saturated carbocycles. The molecule has 0 bridgehead atoms. The van der Waals surface area contributed by atoms with Gasteiger partial charge >= 0.3 is 0 Å². The summed E-state index contributed by atoms with van der Waals surface area (Å²) < 4.78 is 1.83. The van der Waals surface area contributed by atoms with E-state index in [0.717, 1.165) is 55.1 Å². The molecule has 6 rings (SSSR count). The second-order valence-electron chi connectivity index (χ2n) is 10.3. The van der Waals surface area contributed by atoms with Crippen molar-refractivity contribution in [2.75, 3.05) is 29.9 Å². The van der Waals surface area contributed by atoms with Crippen molar-refractivity contribution in [2.24, 2.45) is 0 Å².